The Morgan fingerprint density at radius 2 is 2.05 bits per heavy atom. The van der Waals surface area contributed by atoms with Crippen molar-refractivity contribution in [3.63, 3.8) is 0 Å². The highest BCUT2D eigenvalue weighted by Gasteiger charge is 2.15. The van der Waals surface area contributed by atoms with Crippen LogP contribution in [-0.4, -0.2) is 30.6 Å². The Balaban J connectivity index is 2.99. The minimum absolute atomic E-state index is 0.0435. The van der Waals surface area contributed by atoms with Crippen molar-refractivity contribution in [3.8, 4) is 0 Å². The first-order valence-corrected chi connectivity index (χ1v) is 5.85. The molecular weight excluding hydrogens is 250 g/mol. The third kappa shape index (κ3) is 4.13. The number of carbonyl (C=O) groups excluding carboxylic acids is 1. The van der Waals surface area contributed by atoms with E-state index in [2.05, 4.69) is 15.4 Å². The van der Waals surface area contributed by atoms with E-state index in [4.69, 9.17) is 0 Å². The summed E-state index contributed by atoms with van der Waals surface area (Å²) in [5, 5.41) is 16.7. The van der Waals surface area contributed by atoms with Gasteiger partial charge in [0.05, 0.1) is 12.0 Å². The maximum Gasteiger partial charge on any atom is 0.327 e. The summed E-state index contributed by atoms with van der Waals surface area (Å²) in [4.78, 5) is 21.7. The van der Waals surface area contributed by atoms with Crippen LogP contribution in [0.15, 0.2) is 18.2 Å². The van der Waals surface area contributed by atoms with Crippen LogP contribution >= 0.6 is 0 Å². The summed E-state index contributed by atoms with van der Waals surface area (Å²) in [5.41, 5.74) is 1.07. The van der Waals surface area contributed by atoms with Crippen LogP contribution in [0.25, 0.3) is 0 Å². The Morgan fingerprint density at radius 3 is 2.58 bits per heavy atom. The third-order valence-corrected chi connectivity index (χ3v) is 2.45. The number of esters is 1. The summed E-state index contributed by atoms with van der Waals surface area (Å²) in [6.07, 6.45) is 0. The monoisotopic (exact) mass is 267 g/mol. The van der Waals surface area contributed by atoms with Gasteiger partial charge >= 0.3 is 5.97 Å². The summed E-state index contributed by atoms with van der Waals surface area (Å²) in [6, 6.07) is 3.94. The Kier molecular flexibility index (Phi) is 5.11. The van der Waals surface area contributed by atoms with Gasteiger partial charge in [0.2, 0.25) is 0 Å². The van der Waals surface area contributed by atoms with Crippen LogP contribution < -0.4 is 10.6 Å². The van der Waals surface area contributed by atoms with E-state index >= 15 is 0 Å². The lowest BCUT2D eigenvalue weighted by Gasteiger charge is -2.14. The largest absolute Gasteiger partial charge is 0.467 e. The Labute approximate surface area is 111 Å². The first-order valence-electron chi connectivity index (χ1n) is 5.85. The molecule has 1 rings (SSSR count). The van der Waals surface area contributed by atoms with E-state index < -0.39 is 16.9 Å². The van der Waals surface area contributed by atoms with Gasteiger partial charge in [-0.15, -0.1) is 0 Å². The fraction of sp³-hybridized carbons (Fsp3) is 0.417. The molecule has 0 fully saturated rings. The highest BCUT2D eigenvalue weighted by atomic mass is 16.6. The second-order valence-corrected chi connectivity index (χ2v) is 3.95. The molecule has 0 aliphatic carbocycles. The quantitative estimate of drug-likeness (QED) is 0.465. The lowest BCUT2D eigenvalue weighted by Crippen LogP contribution is -2.27. The predicted octanol–water partition coefficient (Wildman–Crippen LogP) is 2.00. The molecule has 7 nitrogen and oxygen atoms in total. The summed E-state index contributed by atoms with van der Waals surface area (Å²) < 4.78 is 4.59. The Hall–Kier alpha value is -2.31. The number of nitro groups is 1. The van der Waals surface area contributed by atoms with Crippen molar-refractivity contribution in [1.82, 2.24) is 0 Å². The van der Waals surface area contributed by atoms with Crippen molar-refractivity contribution in [1.29, 1.82) is 0 Å². The number of non-ortho nitro benzene ring substituents is 1. The van der Waals surface area contributed by atoms with Crippen LogP contribution in [0.2, 0.25) is 0 Å². The number of carbonyl (C=O) groups is 1. The van der Waals surface area contributed by atoms with Gasteiger partial charge in [-0.2, -0.15) is 0 Å². The maximum atomic E-state index is 11.3. The smallest absolute Gasteiger partial charge is 0.327 e. The van der Waals surface area contributed by atoms with Gasteiger partial charge in [0.25, 0.3) is 5.69 Å². The van der Waals surface area contributed by atoms with Crippen molar-refractivity contribution in [2.75, 3.05) is 24.3 Å². The molecule has 0 amide bonds. The molecule has 0 heterocycles. The van der Waals surface area contributed by atoms with E-state index in [0.717, 1.165) is 0 Å². The van der Waals surface area contributed by atoms with Crippen LogP contribution in [0, 0.1) is 10.1 Å². The highest BCUT2D eigenvalue weighted by Crippen LogP contribution is 2.24. The SMILES string of the molecule is CCNc1cc(NC(C)C(=O)OC)cc([N+](=O)[O-])c1. The number of nitrogens with zero attached hydrogens (tertiary/aromatic N) is 1. The lowest BCUT2D eigenvalue weighted by atomic mass is 10.2. The average Bonchev–Trinajstić information content (AvgIpc) is 2.37. The Bertz CT molecular complexity index is 476. The zero-order chi connectivity index (χ0) is 14.4. The molecule has 0 aromatic heterocycles. The van der Waals surface area contributed by atoms with Gasteiger partial charge in [0.1, 0.15) is 6.04 Å². The van der Waals surface area contributed by atoms with Crippen LogP contribution in [-0.2, 0) is 9.53 Å². The molecule has 0 bridgehead atoms. The molecule has 7 heteroatoms. The number of nitrogens with one attached hydrogen (secondary N) is 2. The van der Waals surface area contributed by atoms with Gasteiger partial charge in [0, 0.05) is 30.1 Å². The summed E-state index contributed by atoms with van der Waals surface area (Å²) in [7, 11) is 1.29. The molecule has 0 saturated carbocycles. The number of anilines is 2. The van der Waals surface area contributed by atoms with E-state index in [-0.39, 0.29) is 5.69 Å². The lowest BCUT2D eigenvalue weighted by molar-refractivity contribution is -0.384. The second-order valence-electron chi connectivity index (χ2n) is 3.95. The zero-order valence-electron chi connectivity index (χ0n) is 11.1. The van der Waals surface area contributed by atoms with E-state index in [9.17, 15) is 14.9 Å². The average molecular weight is 267 g/mol. The minimum atomic E-state index is -0.582. The van der Waals surface area contributed by atoms with Crippen molar-refractivity contribution in [2.24, 2.45) is 0 Å². The number of benzene rings is 1. The molecule has 1 unspecified atom stereocenters. The van der Waals surface area contributed by atoms with Crippen LogP contribution in [0.3, 0.4) is 0 Å². The number of hydrogen-bond acceptors (Lipinski definition) is 6. The van der Waals surface area contributed by atoms with Gasteiger partial charge in [-0.1, -0.05) is 0 Å². The molecule has 1 atom stereocenters. The molecule has 104 valence electrons. The van der Waals surface area contributed by atoms with Crippen molar-refractivity contribution >= 4 is 23.0 Å². The molecule has 0 saturated heterocycles. The fourth-order valence-corrected chi connectivity index (χ4v) is 1.59. The fourth-order valence-electron chi connectivity index (χ4n) is 1.59. The molecular formula is C12H17N3O4. The number of hydrogen-bond donors (Lipinski definition) is 2. The number of ether oxygens (including phenoxy) is 1. The standard InChI is InChI=1S/C12H17N3O4/c1-4-13-9-5-10(7-11(6-9)15(17)18)14-8(2)12(16)19-3/h5-8,13-14H,4H2,1-3H3. The summed E-state index contributed by atoms with van der Waals surface area (Å²) >= 11 is 0. The first kappa shape index (κ1) is 14.7. The molecule has 19 heavy (non-hydrogen) atoms. The number of nitro benzene ring substituents is 1. The van der Waals surface area contributed by atoms with Gasteiger partial charge in [-0.25, -0.2) is 4.79 Å². The maximum absolute atomic E-state index is 11.3. The van der Waals surface area contributed by atoms with Gasteiger partial charge in [-0.05, 0) is 19.9 Å². The topological polar surface area (TPSA) is 93.5 Å². The molecule has 0 spiro atoms. The van der Waals surface area contributed by atoms with E-state index in [0.29, 0.717) is 17.9 Å². The summed E-state index contributed by atoms with van der Waals surface area (Å²) in [6.45, 7) is 4.16. The normalized spacial score (nSPS) is 11.5. The highest BCUT2D eigenvalue weighted by molar-refractivity contribution is 5.79. The molecule has 0 aliphatic heterocycles. The molecule has 0 aliphatic rings. The van der Waals surface area contributed by atoms with E-state index in [1.807, 2.05) is 6.92 Å². The number of rotatable bonds is 6. The van der Waals surface area contributed by atoms with E-state index in [1.54, 1.807) is 13.0 Å². The molecule has 1 aromatic carbocycles. The minimum Gasteiger partial charge on any atom is -0.467 e. The van der Waals surface area contributed by atoms with Crippen molar-refractivity contribution in [3.05, 3.63) is 28.3 Å². The third-order valence-electron chi connectivity index (χ3n) is 2.45. The predicted molar refractivity (Wildman–Crippen MR) is 72.4 cm³/mol. The molecule has 0 radical (unpaired) electrons. The zero-order valence-corrected chi connectivity index (χ0v) is 11.1. The van der Waals surface area contributed by atoms with Crippen LogP contribution in [0.1, 0.15) is 13.8 Å². The number of methoxy groups -OCH3 is 1. The van der Waals surface area contributed by atoms with Gasteiger partial charge < -0.3 is 15.4 Å². The van der Waals surface area contributed by atoms with Crippen LogP contribution in [0.4, 0.5) is 17.1 Å². The van der Waals surface area contributed by atoms with E-state index in [1.165, 1.54) is 19.2 Å². The molecule has 1 aromatic rings. The van der Waals surface area contributed by atoms with Gasteiger partial charge in [0.15, 0.2) is 0 Å². The van der Waals surface area contributed by atoms with Crippen LogP contribution in [0.5, 0.6) is 0 Å². The van der Waals surface area contributed by atoms with Crippen molar-refractivity contribution in [2.45, 2.75) is 19.9 Å². The second kappa shape index (κ2) is 6.58. The summed E-state index contributed by atoms with van der Waals surface area (Å²) in [5.74, 6) is -0.434. The van der Waals surface area contributed by atoms with Gasteiger partial charge in [-0.3, -0.25) is 10.1 Å². The molecule has 2 N–H and O–H groups in total. The Morgan fingerprint density at radius 1 is 1.42 bits per heavy atom. The van der Waals surface area contributed by atoms with Crippen molar-refractivity contribution < 1.29 is 14.5 Å². The first-order chi connectivity index (χ1) is 8.97.